The van der Waals surface area contributed by atoms with Crippen LogP contribution in [0.3, 0.4) is 0 Å². The fourth-order valence-corrected chi connectivity index (χ4v) is 3.20. The number of hydrogen-bond donors (Lipinski definition) is 1. The fraction of sp³-hybridized carbons (Fsp3) is 0.286. The van der Waals surface area contributed by atoms with E-state index < -0.39 is 0 Å². The van der Waals surface area contributed by atoms with Gasteiger partial charge in [0.05, 0.1) is 17.6 Å². The number of benzene rings is 1. The SMILES string of the molecule is Cc1nc(-c2ccccc2)oc1C(=O)Nc1ccc(N2CCN(C)CC2)cn1. The normalized spacial score (nSPS) is 14.9. The quantitative estimate of drug-likeness (QED) is 0.753. The van der Waals surface area contributed by atoms with Gasteiger partial charge in [-0.2, -0.15) is 0 Å². The molecule has 1 aliphatic rings. The van der Waals surface area contributed by atoms with E-state index in [1.807, 2.05) is 42.5 Å². The van der Waals surface area contributed by atoms with E-state index in [-0.39, 0.29) is 11.7 Å². The van der Waals surface area contributed by atoms with E-state index in [2.05, 4.69) is 32.1 Å². The van der Waals surface area contributed by atoms with Crippen molar-refractivity contribution in [3.8, 4) is 11.5 Å². The molecule has 7 heteroatoms. The van der Waals surface area contributed by atoms with Crippen molar-refractivity contribution < 1.29 is 9.21 Å². The minimum absolute atomic E-state index is 0.198. The van der Waals surface area contributed by atoms with Crippen LogP contribution in [-0.2, 0) is 0 Å². The first kappa shape index (κ1) is 18.2. The Bertz CT molecular complexity index is 945. The summed E-state index contributed by atoms with van der Waals surface area (Å²) in [4.78, 5) is 26.0. The van der Waals surface area contributed by atoms with Crippen LogP contribution in [0.5, 0.6) is 0 Å². The lowest BCUT2D eigenvalue weighted by Crippen LogP contribution is -2.44. The highest BCUT2D eigenvalue weighted by atomic mass is 16.4. The Kier molecular flexibility index (Phi) is 5.08. The number of likely N-dealkylation sites (N-methyl/N-ethyl adjacent to an activating group) is 1. The average molecular weight is 377 g/mol. The molecule has 1 fully saturated rings. The molecule has 0 spiro atoms. The molecule has 0 radical (unpaired) electrons. The molecular formula is C21H23N5O2. The number of rotatable bonds is 4. The number of amides is 1. The van der Waals surface area contributed by atoms with Crippen molar-refractivity contribution in [2.75, 3.05) is 43.4 Å². The summed E-state index contributed by atoms with van der Waals surface area (Å²) in [5.41, 5.74) is 2.44. The zero-order chi connectivity index (χ0) is 19.5. The van der Waals surface area contributed by atoms with Gasteiger partial charge in [-0.25, -0.2) is 9.97 Å². The Morgan fingerprint density at radius 2 is 1.82 bits per heavy atom. The van der Waals surface area contributed by atoms with E-state index in [4.69, 9.17) is 4.42 Å². The van der Waals surface area contributed by atoms with Gasteiger partial charge in [-0.1, -0.05) is 18.2 Å². The van der Waals surface area contributed by atoms with Crippen molar-refractivity contribution in [3.63, 3.8) is 0 Å². The molecule has 7 nitrogen and oxygen atoms in total. The molecule has 0 aliphatic carbocycles. The van der Waals surface area contributed by atoms with Crippen molar-refractivity contribution in [1.82, 2.24) is 14.9 Å². The first-order valence-electron chi connectivity index (χ1n) is 9.34. The molecule has 1 amide bonds. The number of aromatic nitrogens is 2. The maximum Gasteiger partial charge on any atom is 0.294 e. The molecule has 0 saturated carbocycles. The van der Waals surface area contributed by atoms with Crippen molar-refractivity contribution in [2.45, 2.75) is 6.92 Å². The van der Waals surface area contributed by atoms with E-state index in [9.17, 15) is 4.79 Å². The summed E-state index contributed by atoms with van der Waals surface area (Å²) < 4.78 is 5.70. The minimum atomic E-state index is -0.355. The van der Waals surface area contributed by atoms with Crippen molar-refractivity contribution >= 4 is 17.4 Å². The molecule has 1 N–H and O–H groups in total. The van der Waals surface area contributed by atoms with Gasteiger partial charge in [-0.05, 0) is 38.2 Å². The molecule has 144 valence electrons. The van der Waals surface area contributed by atoms with Gasteiger partial charge in [-0.15, -0.1) is 0 Å². The van der Waals surface area contributed by atoms with Crippen LogP contribution in [0.15, 0.2) is 53.1 Å². The number of aryl methyl sites for hydroxylation is 1. The van der Waals surface area contributed by atoms with Crippen molar-refractivity contribution in [1.29, 1.82) is 0 Å². The Morgan fingerprint density at radius 3 is 2.50 bits per heavy atom. The van der Waals surface area contributed by atoms with Crippen LogP contribution in [0, 0.1) is 6.92 Å². The predicted octanol–water partition coefficient (Wildman–Crippen LogP) is 3.05. The fourth-order valence-electron chi connectivity index (χ4n) is 3.20. The first-order chi connectivity index (χ1) is 13.6. The Hall–Kier alpha value is -3.19. The summed E-state index contributed by atoms with van der Waals surface area (Å²) >= 11 is 0. The van der Waals surface area contributed by atoms with Gasteiger partial charge in [0.1, 0.15) is 5.82 Å². The molecule has 3 heterocycles. The zero-order valence-corrected chi connectivity index (χ0v) is 16.1. The number of carbonyl (C=O) groups excluding carboxylic acids is 1. The third kappa shape index (κ3) is 3.89. The van der Waals surface area contributed by atoms with Crippen LogP contribution in [0.4, 0.5) is 11.5 Å². The van der Waals surface area contributed by atoms with Crippen molar-refractivity contribution in [2.24, 2.45) is 0 Å². The number of pyridine rings is 1. The van der Waals surface area contributed by atoms with Gasteiger partial charge in [0.2, 0.25) is 11.7 Å². The van der Waals surface area contributed by atoms with Crippen LogP contribution in [-0.4, -0.2) is 54.0 Å². The molecule has 1 saturated heterocycles. The predicted molar refractivity (Wildman–Crippen MR) is 109 cm³/mol. The number of oxazole rings is 1. The summed E-state index contributed by atoms with van der Waals surface area (Å²) in [6.45, 7) is 5.78. The Morgan fingerprint density at radius 1 is 1.07 bits per heavy atom. The summed E-state index contributed by atoms with van der Waals surface area (Å²) in [5.74, 6) is 0.761. The van der Waals surface area contributed by atoms with Crippen LogP contribution in [0.25, 0.3) is 11.5 Å². The molecule has 3 aromatic rings. The van der Waals surface area contributed by atoms with E-state index in [1.165, 1.54) is 0 Å². The molecular weight excluding hydrogens is 354 g/mol. The maximum atomic E-state index is 12.6. The lowest BCUT2D eigenvalue weighted by Gasteiger charge is -2.33. The number of hydrogen-bond acceptors (Lipinski definition) is 6. The van der Waals surface area contributed by atoms with Gasteiger partial charge in [-0.3, -0.25) is 4.79 Å². The summed E-state index contributed by atoms with van der Waals surface area (Å²) in [6.07, 6.45) is 1.80. The van der Waals surface area contributed by atoms with E-state index in [0.29, 0.717) is 17.4 Å². The molecule has 1 aliphatic heterocycles. The molecule has 0 unspecified atom stereocenters. The largest absolute Gasteiger partial charge is 0.431 e. The minimum Gasteiger partial charge on any atom is -0.431 e. The third-order valence-corrected chi connectivity index (χ3v) is 4.88. The third-order valence-electron chi connectivity index (χ3n) is 4.88. The highest BCUT2D eigenvalue weighted by Crippen LogP contribution is 2.23. The number of piperazine rings is 1. The molecule has 0 atom stereocenters. The average Bonchev–Trinajstić information content (AvgIpc) is 3.12. The van der Waals surface area contributed by atoms with E-state index in [1.54, 1.807) is 13.1 Å². The molecule has 2 aromatic heterocycles. The van der Waals surface area contributed by atoms with Crippen LogP contribution in [0.1, 0.15) is 16.2 Å². The molecule has 0 bridgehead atoms. The Labute approximate surface area is 164 Å². The number of nitrogens with one attached hydrogen (secondary N) is 1. The number of anilines is 2. The maximum absolute atomic E-state index is 12.6. The monoisotopic (exact) mass is 377 g/mol. The van der Waals surface area contributed by atoms with E-state index >= 15 is 0 Å². The number of carbonyl (C=O) groups is 1. The zero-order valence-electron chi connectivity index (χ0n) is 16.1. The second-order valence-electron chi connectivity index (χ2n) is 6.95. The second-order valence-corrected chi connectivity index (χ2v) is 6.95. The second kappa shape index (κ2) is 7.82. The highest BCUT2D eigenvalue weighted by Gasteiger charge is 2.19. The van der Waals surface area contributed by atoms with Crippen LogP contribution in [0.2, 0.25) is 0 Å². The van der Waals surface area contributed by atoms with Crippen LogP contribution < -0.4 is 10.2 Å². The van der Waals surface area contributed by atoms with Gasteiger partial charge < -0.3 is 19.5 Å². The van der Waals surface area contributed by atoms with Crippen molar-refractivity contribution in [3.05, 3.63) is 60.1 Å². The van der Waals surface area contributed by atoms with Gasteiger partial charge in [0.25, 0.3) is 5.91 Å². The topological polar surface area (TPSA) is 74.5 Å². The summed E-state index contributed by atoms with van der Waals surface area (Å²) in [5, 5.41) is 2.79. The summed E-state index contributed by atoms with van der Waals surface area (Å²) in [6, 6.07) is 13.3. The van der Waals surface area contributed by atoms with Crippen LogP contribution >= 0.6 is 0 Å². The molecule has 4 rings (SSSR count). The van der Waals surface area contributed by atoms with Gasteiger partial charge in [0.15, 0.2) is 0 Å². The lowest BCUT2D eigenvalue weighted by atomic mass is 10.2. The highest BCUT2D eigenvalue weighted by molar-refractivity contribution is 6.02. The lowest BCUT2D eigenvalue weighted by molar-refractivity contribution is 0.0996. The van der Waals surface area contributed by atoms with E-state index in [0.717, 1.165) is 37.4 Å². The first-order valence-corrected chi connectivity index (χ1v) is 9.34. The number of nitrogens with zero attached hydrogens (tertiary/aromatic N) is 4. The van der Waals surface area contributed by atoms with Gasteiger partial charge >= 0.3 is 0 Å². The smallest absolute Gasteiger partial charge is 0.294 e. The molecule has 28 heavy (non-hydrogen) atoms. The summed E-state index contributed by atoms with van der Waals surface area (Å²) in [7, 11) is 2.13. The standard InChI is InChI=1S/C21H23N5O2/c1-15-19(28-21(23-15)16-6-4-3-5-7-16)20(27)24-18-9-8-17(14-22-18)26-12-10-25(2)11-13-26/h3-9,14H,10-13H2,1-2H3,(H,22,24,27). The Balaban J connectivity index is 1.44. The van der Waals surface area contributed by atoms with Gasteiger partial charge in [0, 0.05) is 31.7 Å². The molecule has 1 aromatic carbocycles.